The van der Waals surface area contributed by atoms with Gasteiger partial charge in [-0.05, 0) is 46.9 Å². The van der Waals surface area contributed by atoms with E-state index < -0.39 is 0 Å². The van der Waals surface area contributed by atoms with Crippen LogP contribution in [0.3, 0.4) is 0 Å². The molecule has 0 saturated carbocycles. The average molecular weight is 441 g/mol. The van der Waals surface area contributed by atoms with Crippen LogP contribution >= 0.6 is 0 Å². The third-order valence-electron chi connectivity index (χ3n) is 6.35. The first-order chi connectivity index (χ1) is 16.2. The SMILES string of the molecule is COc1ccc(-c2ccc3c(c2)CCN(c2ncnc4c5c(c(OC)cc24)OCO5)C3)cc1. The lowest BCUT2D eigenvalue weighted by atomic mass is 9.94. The maximum Gasteiger partial charge on any atom is 0.231 e. The molecule has 3 aromatic carbocycles. The normalized spacial score (nSPS) is 14.3. The largest absolute Gasteiger partial charge is 0.497 e. The van der Waals surface area contributed by atoms with Crippen LogP contribution in [0.5, 0.6) is 23.0 Å². The molecule has 0 fully saturated rings. The molecule has 1 aromatic heterocycles. The monoisotopic (exact) mass is 441 g/mol. The summed E-state index contributed by atoms with van der Waals surface area (Å²) in [5.41, 5.74) is 5.82. The quantitative estimate of drug-likeness (QED) is 0.458. The number of benzene rings is 3. The molecule has 166 valence electrons. The van der Waals surface area contributed by atoms with Gasteiger partial charge >= 0.3 is 0 Å². The Labute approximate surface area is 191 Å². The summed E-state index contributed by atoms with van der Waals surface area (Å²) in [7, 11) is 3.31. The Morgan fingerprint density at radius 2 is 1.67 bits per heavy atom. The van der Waals surface area contributed by atoms with E-state index in [4.69, 9.17) is 18.9 Å². The lowest BCUT2D eigenvalue weighted by molar-refractivity contribution is 0.172. The van der Waals surface area contributed by atoms with Gasteiger partial charge in [-0.25, -0.2) is 9.97 Å². The Balaban J connectivity index is 1.34. The second-order valence-corrected chi connectivity index (χ2v) is 8.12. The van der Waals surface area contributed by atoms with E-state index in [9.17, 15) is 0 Å². The van der Waals surface area contributed by atoms with Gasteiger partial charge in [0.2, 0.25) is 12.5 Å². The molecule has 2 aliphatic heterocycles. The minimum absolute atomic E-state index is 0.164. The van der Waals surface area contributed by atoms with Crippen molar-refractivity contribution >= 4 is 16.7 Å². The zero-order valence-electron chi connectivity index (χ0n) is 18.5. The van der Waals surface area contributed by atoms with Gasteiger partial charge in [0.05, 0.1) is 19.6 Å². The molecule has 4 aromatic rings. The number of fused-ring (bicyclic) bond motifs is 4. The van der Waals surface area contributed by atoms with E-state index in [1.54, 1.807) is 20.5 Å². The fraction of sp³-hybridized carbons (Fsp3) is 0.231. The Morgan fingerprint density at radius 1 is 0.848 bits per heavy atom. The summed E-state index contributed by atoms with van der Waals surface area (Å²) in [6.07, 6.45) is 2.53. The van der Waals surface area contributed by atoms with Gasteiger partial charge < -0.3 is 23.8 Å². The zero-order chi connectivity index (χ0) is 22.4. The smallest absolute Gasteiger partial charge is 0.231 e. The maximum atomic E-state index is 5.70. The molecule has 0 radical (unpaired) electrons. The fourth-order valence-electron chi connectivity index (χ4n) is 4.63. The van der Waals surface area contributed by atoms with Crippen LogP contribution in [0.15, 0.2) is 54.9 Å². The average Bonchev–Trinajstić information content (AvgIpc) is 3.38. The van der Waals surface area contributed by atoms with Gasteiger partial charge in [-0.1, -0.05) is 30.3 Å². The van der Waals surface area contributed by atoms with Gasteiger partial charge in [0.1, 0.15) is 23.4 Å². The molecule has 0 saturated heterocycles. The van der Waals surface area contributed by atoms with E-state index in [2.05, 4.69) is 45.2 Å². The minimum Gasteiger partial charge on any atom is -0.497 e. The van der Waals surface area contributed by atoms with Crippen LogP contribution in [0.1, 0.15) is 11.1 Å². The molecule has 0 atom stereocenters. The number of anilines is 1. The van der Waals surface area contributed by atoms with Crippen LogP contribution < -0.4 is 23.8 Å². The molecule has 3 heterocycles. The fourth-order valence-corrected chi connectivity index (χ4v) is 4.63. The highest BCUT2D eigenvalue weighted by Crippen LogP contribution is 2.47. The molecule has 7 heteroatoms. The summed E-state index contributed by atoms with van der Waals surface area (Å²) in [6.45, 7) is 1.81. The summed E-state index contributed by atoms with van der Waals surface area (Å²) in [5, 5.41) is 0.900. The van der Waals surface area contributed by atoms with Crippen molar-refractivity contribution in [3.8, 4) is 34.1 Å². The summed E-state index contributed by atoms with van der Waals surface area (Å²) in [4.78, 5) is 11.4. The van der Waals surface area contributed by atoms with Crippen molar-refractivity contribution in [1.29, 1.82) is 0 Å². The predicted molar refractivity (Wildman–Crippen MR) is 125 cm³/mol. The van der Waals surface area contributed by atoms with Gasteiger partial charge in [-0.2, -0.15) is 0 Å². The van der Waals surface area contributed by atoms with E-state index in [1.807, 2.05) is 18.2 Å². The van der Waals surface area contributed by atoms with Crippen LogP contribution in [0.2, 0.25) is 0 Å². The van der Waals surface area contributed by atoms with E-state index in [-0.39, 0.29) is 6.79 Å². The lowest BCUT2D eigenvalue weighted by Crippen LogP contribution is -2.31. The number of hydrogen-bond acceptors (Lipinski definition) is 7. The zero-order valence-corrected chi connectivity index (χ0v) is 18.5. The number of methoxy groups -OCH3 is 2. The molecule has 2 aliphatic rings. The predicted octanol–water partition coefficient (Wildman–Crippen LogP) is 4.61. The molecule has 33 heavy (non-hydrogen) atoms. The van der Waals surface area contributed by atoms with Crippen molar-refractivity contribution in [2.24, 2.45) is 0 Å². The van der Waals surface area contributed by atoms with E-state index in [0.717, 1.165) is 42.0 Å². The number of rotatable bonds is 4. The maximum absolute atomic E-state index is 5.70. The second kappa shape index (κ2) is 7.85. The van der Waals surface area contributed by atoms with E-state index in [1.165, 1.54) is 22.3 Å². The molecule has 0 amide bonds. The van der Waals surface area contributed by atoms with Crippen molar-refractivity contribution in [2.45, 2.75) is 13.0 Å². The number of nitrogens with zero attached hydrogens (tertiary/aromatic N) is 3. The standard InChI is InChI=1S/C26H23N3O4/c1-30-20-7-5-16(6-8-20)17-3-4-19-13-29(10-9-18(19)11-17)26-21-12-22(31-2)24-25(33-15-32-24)23(21)27-14-28-26/h3-8,11-12,14H,9-10,13,15H2,1-2H3. The highest BCUT2D eigenvalue weighted by Gasteiger charge is 2.27. The van der Waals surface area contributed by atoms with Crippen LogP contribution in [-0.2, 0) is 13.0 Å². The van der Waals surface area contributed by atoms with E-state index in [0.29, 0.717) is 17.2 Å². The van der Waals surface area contributed by atoms with Crippen molar-refractivity contribution < 1.29 is 18.9 Å². The first-order valence-electron chi connectivity index (χ1n) is 10.9. The molecule has 6 rings (SSSR count). The highest BCUT2D eigenvalue weighted by molar-refractivity contribution is 5.97. The first-order valence-corrected chi connectivity index (χ1v) is 10.9. The minimum atomic E-state index is 0.164. The van der Waals surface area contributed by atoms with Crippen LogP contribution in [0, 0.1) is 0 Å². The van der Waals surface area contributed by atoms with Gasteiger partial charge in [0.15, 0.2) is 11.5 Å². The number of ether oxygens (including phenoxy) is 4. The van der Waals surface area contributed by atoms with Gasteiger partial charge in [0, 0.05) is 13.1 Å². The number of hydrogen-bond donors (Lipinski definition) is 0. The molecular formula is C26H23N3O4. The third-order valence-corrected chi connectivity index (χ3v) is 6.35. The molecular weight excluding hydrogens is 418 g/mol. The van der Waals surface area contributed by atoms with E-state index >= 15 is 0 Å². The van der Waals surface area contributed by atoms with Crippen LogP contribution in [-0.4, -0.2) is 37.5 Å². The van der Waals surface area contributed by atoms with Crippen LogP contribution in [0.25, 0.3) is 22.0 Å². The molecule has 0 spiro atoms. The molecule has 0 unspecified atom stereocenters. The molecule has 0 bridgehead atoms. The van der Waals surface area contributed by atoms with Gasteiger partial charge in [-0.3, -0.25) is 0 Å². The summed E-state index contributed by atoms with van der Waals surface area (Å²) in [5.74, 6) is 3.59. The Hall–Kier alpha value is -4.00. The number of aromatic nitrogens is 2. The topological polar surface area (TPSA) is 65.9 Å². The second-order valence-electron chi connectivity index (χ2n) is 8.12. The summed E-state index contributed by atoms with van der Waals surface area (Å²) >= 11 is 0. The third kappa shape index (κ3) is 3.28. The van der Waals surface area contributed by atoms with Crippen molar-refractivity contribution in [1.82, 2.24) is 9.97 Å². The Kier molecular flexibility index (Phi) is 4.68. The van der Waals surface area contributed by atoms with Gasteiger partial charge in [-0.15, -0.1) is 0 Å². The van der Waals surface area contributed by atoms with Crippen LogP contribution in [0.4, 0.5) is 5.82 Å². The van der Waals surface area contributed by atoms with Crippen molar-refractivity contribution in [3.63, 3.8) is 0 Å². The van der Waals surface area contributed by atoms with Crippen molar-refractivity contribution in [2.75, 3.05) is 32.5 Å². The van der Waals surface area contributed by atoms with Crippen molar-refractivity contribution in [3.05, 3.63) is 66.0 Å². The molecule has 7 nitrogen and oxygen atoms in total. The molecule has 0 aliphatic carbocycles. The highest BCUT2D eigenvalue weighted by atomic mass is 16.7. The Morgan fingerprint density at radius 3 is 2.48 bits per heavy atom. The summed E-state index contributed by atoms with van der Waals surface area (Å²) < 4.78 is 22.1. The first kappa shape index (κ1) is 19.7. The van der Waals surface area contributed by atoms with Gasteiger partial charge in [0.25, 0.3) is 0 Å². The summed E-state index contributed by atoms with van der Waals surface area (Å²) in [6, 6.07) is 16.8. The Bertz CT molecular complexity index is 1350. The molecule has 0 N–H and O–H groups in total. The lowest BCUT2D eigenvalue weighted by Gasteiger charge is -2.31.